The maximum Gasteiger partial charge on any atom is -1.00 e. The molecule has 0 aromatic heterocycles. The summed E-state index contributed by atoms with van der Waals surface area (Å²) in [5.41, 5.74) is 0. The van der Waals surface area contributed by atoms with Crippen LogP contribution in [0.15, 0.2) is 0 Å². The van der Waals surface area contributed by atoms with Crippen molar-refractivity contribution in [3.8, 4) is 0 Å². The predicted molar refractivity (Wildman–Crippen MR) is 101 cm³/mol. The van der Waals surface area contributed by atoms with Crippen molar-refractivity contribution in [2.75, 3.05) is 0 Å². The molecule has 0 aromatic carbocycles. The van der Waals surface area contributed by atoms with Crippen molar-refractivity contribution in [3.05, 3.63) is 0 Å². The van der Waals surface area contributed by atoms with Gasteiger partial charge in [0.25, 0.3) is 0 Å². The molecule has 0 radical (unpaired) electrons. The number of hydrogen-bond donors (Lipinski definition) is 0. The first-order valence-corrected chi connectivity index (χ1v) is 12.3. The fraction of sp³-hybridized carbons (Fsp3) is 1.00. The molecule has 0 aliphatic rings. The minimum absolute atomic E-state index is 0. The van der Waals surface area contributed by atoms with Crippen LogP contribution in [0, 0.1) is 11.8 Å². The van der Waals surface area contributed by atoms with Crippen LogP contribution in [-0.4, -0.2) is 24.4 Å². The zero-order chi connectivity index (χ0) is 15.8. The quantitative estimate of drug-likeness (QED) is 0.235. The summed E-state index contributed by atoms with van der Waals surface area (Å²) in [5, 5.41) is 0. The third-order valence-corrected chi connectivity index (χ3v) is 6.11. The monoisotopic (exact) mass is 398 g/mol. The van der Waals surface area contributed by atoms with E-state index in [-0.39, 0.29) is 2.85 Å². The molecule has 0 aromatic rings. The van der Waals surface area contributed by atoms with Crippen molar-refractivity contribution in [1.29, 1.82) is 0 Å². The van der Waals surface area contributed by atoms with Crippen LogP contribution in [-0.2, 0) is 0 Å². The maximum absolute atomic E-state index is 2.35. The van der Waals surface area contributed by atoms with Crippen molar-refractivity contribution >= 4 is 24.4 Å². The van der Waals surface area contributed by atoms with Crippen LogP contribution in [0.4, 0.5) is 0 Å². The van der Waals surface area contributed by atoms with Gasteiger partial charge in [0, 0.05) is 0 Å². The summed E-state index contributed by atoms with van der Waals surface area (Å²) in [6.45, 7) is 7.03. The number of unbranched alkanes of at least 4 members (excludes halogenated alkanes) is 4. The molecule has 0 spiro atoms. The molecule has 1 heteroatoms. The van der Waals surface area contributed by atoms with Gasteiger partial charge in [-0.2, -0.15) is 0 Å². The minimum Gasteiger partial charge on any atom is -1.00 e. The van der Waals surface area contributed by atoms with E-state index in [0.29, 0.717) is 0 Å². The molecule has 0 rings (SSSR count). The Balaban J connectivity index is -0.00000200. The Morgan fingerprint density at radius 2 is 0.952 bits per heavy atom. The van der Waals surface area contributed by atoms with E-state index in [9.17, 15) is 0 Å². The van der Waals surface area contributed by atoms with Gasteiger partial charge in [0.05, 0.1) is 0 Å². The summed E-state index contributed by atoms with van der Waals surface area (Å²) in [6.07, 6.45) is 20.6. The van der Waals surface area contributed by atoms with Crippen molar-refractivity contribution in [3.63, 3.8) is 0 Å². The molecular formula is C20H43In. The Morgan fingerprint density at radius 3 is 1.29 bits per heavy atom. The van der Waals surface area contributed by atoms with E-state index in [1.165, 1.54) is 118 Å². The SMILES string of the molecule is CCCCC(CCCC)CCC(CCCC)CCC[CH2][In+2].[H-].[H-]. The minimum atomic E-state index is 0. The average Bonchev–Trinajstić information content (AvgIpc) is 2.51. The van der Waals surface area contributed by atoms with E-state index in [1.54, 1.807) is 0 Å². The van der Waals surface area contributed by atoms with Gasteiger partial charge in [-0.3, -0.25) is 0 Å². The van der Waals surface area contributed by atoms with Crippen molar-refractivity contribution < 1.29 is 2.85 Å². The Hall–Kier alpha value is 0.870. The number of rotatable bonds is 16. The normalized spacial score (nSPS) is 13.0. The molecule has 0 aliphatic carbocycles. The summed E-state index contributed by atoms with van der Waals surface area (Å²) in [4.78, 5) is 0. The van der Waals surface area contributed by atoms with E-state index in [4.69, 9.17) is 0 Å². The molecule has 0 bridgehead atoms. The third kappa shape index (κ3) is 14.2. The van der Waals surface area contributed by atoms with Crippen LogP contribution in [0.5, 0.6) is 0 Å². The van der Waals surface area contributed by atoms with E-state index in [2.05, 4.69) is 20.8 Å². The van der Waals surface area contributed by atoms with Gasteiger partial charge in [0.1, 0.15) is 0 Å². The van der Waals surface area contributed by atoms with Crippen LogP contribution in [0.2, 0.25) is 4.18 Å². The molecule has 0 nitrogen and oxygen atoms in total. The van der Waals surface area contributed by atoms with Gasteiger partial charge < -0.3 is 2.85 Å². The molecule has 0 heterocycles. The third-order valence-electron chi connectivity index (χ3n) is 4.95. The zero-order valence-corrected chi connectivity index (χ0v) is 18.6. The van der Waals surface area contributed by atoms with Crippen LogP contribution >= 0.6 is 0 Å². The first kappa shape index (κ1) is 21.9. The molecule has 0 aliphatic heterocycles. The van der Waals surface area contributed by atoms with Gasteiger partial charge in [-0.15, -0.1) is 0 Å². The standard InChI is InChI=1S/C20H41.In.2H/c1-5-9-13-19(14-10-6-2)17-18-20(15-11-7-3)16-12-8-4;;;/h19-20H,1,5-18H2,2-4H3;;;/q;+2;2*-1. The Bertz CT molecular complexity index is 192. The molecule has 0 saturated heterocycles. The zero-order valence-electron chi connectivity index (χ0n) is 17.3. The smallest absolute Gasteiger partial charge is 1.00 e. The van der Waals surface area contributed by atoms with Crippen molar-refractivity contribution in [2.24, 2.45) is 11.8 Å². The summed E-state index contributed by atoms with van der Waals surface area (Å²) in [5.74, 6) is 2.08. The van der Waals surface area contributed by atoms with E-state index < -0.39 is 0 Å². The number of hydrogen-bond acceptors (Lipinski definition) is 0. The van der Waals surface area contributed by atoms with Gasteiger partial charge in [-0.25, -0.2) is 0 Å². The molecule has 1 atom stereocenters. The van der Waals surface area contributed by atoms with E-state index >= 15 is 0 Å². The van der Waals surface area contributed by atoms with Gasteiger partial charge in [-0.1, -0.05) is 0 Å². The predicted octanol–water partition coefficient (Wildman–Crippen LogP) is 7.55. The van der Waals surface area contributed by atoms with E-state index in [1.807, 2.05) is 0 Å². The fourth-order valence-corrected chi connectivity index (χ4v) is 4.22. The molecular weight excluding hydrogens is 355 g/mol. The molecule has 0 saturated carbocycles. The average molecular weight is 398 g/mol. The maximum atomic E-state index is 2.35. The Labute approximate surface area is 153 Å². The van der Waals surface area contributed by atoms with Gasteiger partial charge in [0.2, 0.25) is 0 Å². The van der Waals surface area contributed by atoms with Crippen LogP contribution in [0.1, 0.15) is 114 Å². The first-order chi connectivity index (χ1) is 10.3. The molecule has 0 amide bonds. The molecule has 0 fully saturated rings. The second-order valence-electron chi connectivity index (χ2n) is 7.02. The summed E-state index contributed by atoms with van der Waals surface area (Å²) < 4.78 is 1.50. The van der Waals surface area contributed by atoms with E-state index in [0.717, 1.165) is 11.8 Å². The summed E-state index contributed by atoms with van der Waals surface area (Å²) >= 11 is 1.46. The fourth-order valence-electron chi connectivity index (χ4n) is 3.39. The molecule has 0 N–H and O–H groups in total. The molecule has 21 heavy (non-hydrogen) atoms. The van der Waals surface area contributed by atoms with Crippen LogP contribution < -0.4 is 0 Å². The van der Waals surface area contributed by atoms with Crippen LogP contribution in [0.3, 0.4) is 0 Å². The Morgan fingerprint density at radius 1 is 0.571 bits per heavy atom. The summed E-state index contributed by atoms with van der Waals surface area (Å²) in [7, 11) is 0. The van der Waals surface area contributed by atoms with Gasteiger partial charge >= 0.3 is 151 Å². The van der Waals surface area contributed by atoms with Crippen molar-refractivity contribution in [1.82, 2.24) is 0 Å². The van der Waals surface area contributed by atoms with Gasteiger partial charge in [-0.05, 0) is 0 Å². The first-order valence-electron chi connectivity index (χ1n) is 9.98. The molecule has 1 unspecified atom stereocenters. The van der Waals surface area contributed by atoms with Crippen LogP contribution in [0.25, 0.3) is 0 Å². The Kier molecular flexibility index (Phi) is 17.9. The van der Waals surface area contributed by atoms with Crippen molar-refractivity contribution in [2.45, 2.75) is 115 Å². The second-order valence-corrected chi connectivity index (χ2v) is 8.67. The van der Waals surface area contributed by atoms with Gasteiger partial charge in [0.15, 0.2) is 0 Å². The molecule has 126 valence electrons. The second kappa shape index (κ2) is 17.2. The largest absolute Gasteiger partial charge is 1.00 e. The topological polar surface area (TPSA) is 0 Å². The summed E-state index contributed by atoms with van der Waals surface area (Å²) in [6, 6.07) is 0.